The second kappa shape index (κ2) is 6.29. The maximum Gasteiger partial charge on any atom is 0.238 e. The molecule has 1 unspecified atom stereocenters. The molecule has 1 aromatic carbocycles. The number of primary sulfonamides is 1. The number of rotatable bonds is 5. The highest BCUT2D eigenvalue weighted by molar-refractivity contribution is 7.89. The molecule has 20 heavy (non-hydrogen) atoms. The fraction of sp³-hybridized carbons (Fsp3) is 0.333. The summed E-state index contributed by atoms with van der Waals surface area (Å²) in [6, 6.07) is 5.54. The van der Waals surface area contributed by atoms with Crippen LogP contribution in [0.25, 0.3) is 0 Å². The molecule has 0 aromatic heterocycles. The third kappa shape index (κ3) is 4.26. The minimum Gasteiger partial charge on any atom is -0.393 e. The van der Waals surface area contributed by atoms with Crippen LogP contribution in [0.15, 0.2) is 29.2 Å². The summed E-state index contributed by atoms with van der Waals surface area (Å²) in [4.78, 5) is 12.2. The fourth-order valence-electron chi connectivity index (χ4n) is 1.71. The van der Waals surface area contributed by atoms with Gasteiger partial charge in [0, 0.05) is 5.69 Å². The lowest BCUT2D eigenvalue weighted by Crippen LogP contribution is -2.36. The van der Waals surface area contributed by atoms with Crippen molar-refractivity contribution in [1.82, 2.24) is 0 Å². The molecule has 0 spiro atoms. The minimum absolute atomic E-state index is 0.0229. The molecule has 0 aliphatic heterocycles. The molecule has 1 amide bonds. The first-order chi connectivity index (χ1) is 9.12. The molecule has 1 rings (SSSR count). The van der Waals surface area contributed by atoms with E-state index in [1.54, 1.807) is 0 Å². The van der Waals surface area contributed by atoms with Gasteiger partial charge in [-0.15, -0.1) is 0 Å². The van der Waals surface area contributed by atoms with Crippen LogP contribution in [0.2, 0.25) is 0 Å². The summed E-state index contributed by atoms with van der Waals surface area (Å²) >= 11 is 4.88. The van der Waals surface area contributed by atoms with E-state index in [0.717, 1.165) is 0 Å². The molecule has 6 nitrogen and oxygen atoms in total. The Morgan fingerprint density at radius 1 is 1.25 bits per heavy atom. The van der Waals surface area contributed by atoms with E-state index in [1.165, 1.54) is 24.3 Å². The summed E-state index contributed by atoms with van der Waals surface area (Å²) in [6.45, 7) is 3.68. The molecule has 0 fully saturated rings. The minimum atomic E-state index is -3.74. The molecular formula is C12H17N3O3S2. The van der Waals surface area contributed by atoms with E-state index in [2.05, 4.69) is 5.32 Å². The van der Waals surface area contributed by atoms with Gasteiger partial charge in [-0.1, -0.05) is 26.1 Å². The van der Waals surface area contributed by atoms with Crippen molar-refractivity contribution in [2.45, 2.75) is 18.7 Å². The number of hydrogen-bond acceptors (Lipinski definition) is 4. The van der Waals surface area contributed by atoms with Crippen LogP contribution < -0.4 is 16.2 Å². The number of hydrogen-bond donors (Lipinski definition) is 3. The van der Waals surface area contributed by atoms with Crippen molar-refractivity contribution >= 4 is 38.8 Å². The zero-order valence-corrected chi connectivity index (χ0v) is 12.8. The average molecular weight is 315 g/mol. The molecule has 110 valence electrons. The van der Waals surface area contributed by atoms with Gasteiger partial charge in [0.25, 0.3) is 0 Å². The van der Waals surface area contributed by atoms with E-state index in [1.807, 2.05) is 13.8 Å². The number of carbonyl (C=O) groups is 1. The summed E-state index contributed by atoms with van der Waals surface area (Å²) in [6.07, 6.45) is 0. The predicted molar refractivity (Wildman–Crippen MR) is 81.6 cm³/mol. The molecule has 5 N–H and O–H groups in total. The zero-order chi connectivity index (χ0) is 15.5. The Labute approximate surface area is 123 Å². The van der Waals surface area contributed by atoms with Crippen LogP contribution >= 0.6 is 12.2 Å². The van der Waals surface area contributed by atoms with Crippen LogP contribution in [0.3, 0.4) is 0 Å². The Bertz CT molecular complexity index is 609. The number of anilines is 1. The van der Waals surface area contributed by atoms with E-state index < -0.39 is 15.9 Å². The van der Waals surface area contributed by atoms with Crippen molar-refractivity contribution in [1.29, 1.82) is 0 Å². The molecule has 0 bridgehead atoms. The van der Waals surface area contributed by atoms with Gasteiger partial charge in [-0.05, 0) is 30.2 Å². The highest BCUT2D eigenvalue weighted by atomic mass is 32.2. The first-order valence-corrected chi connectivity index (χ1v) is 7.81. The first kappa shape index (κ1) is 16.5. The highest BCUT2D eigenvalue weighted by Crippen LogP contribution is 2.17. The first-order valence-electron chi connectivity index (χ1n) is 5.86. The Morgan fingerprint density at radius 2 is 1.75 bits per heavy atom. The molecule has 1 atom stereocenters. The van der Waals surface area contributed by atoms with Crippen LogP contribution in [-0.4, -0.2) is 19.3 Å². The summed E-state index contributed by atoms with van der Waals surface area (Å²) in [5.41, 5.74) is 6.00. The lowest BCUT2D eigenvalue weighted by atomic mass is 9.95. The van der Waals surface area contributed by atoms with Gasteiger partial charge in [-0.25, -0.2) is 13.6 Å². The maximum atomic E-state index is 12.1. The van der Waals surface area contributed by atoms with Crippen LogP contribution in [0.5, 0.6) is 0 Å². The number of nitrogens with two attached hydrogens (primary N) is 2. The molecule has 0 heterocycles. The zero-order valence-electron chi connectivity index (χ0n) is 11.2. The Morgan fingerprint density at radius 3 is 2.10 bits per heavy atom. The van der Waals surface area contributed by atoms with E-state index >= 15 is 0 Å². The van der Waals surface area contributed by atoms with Crippen molar-refractivity contribution in [2.24, 2.45) is 22.7 Å². The third-order valence-electron chi connectivity index (χ3n) is 2.71. The van der Waals surface area contributed by atoms with Crippen LogP contribution in [0.4, 0.5) is 5.69 Å². The molecule has 0 saturated carbocycles. The second-order valence-electron chi connectivity index (χ2n) is 4.68. The van der Waals surface area contributed by atoms with E-state index in [4.69, 9.17) is 23.1 Å². The van der Waals surface area contributed by atoms with E-state index in [-0.39, 0.29) is 21.7 Å². The number of thiocarbonyl (C=S) groups is 1. The Balaban J connectivity index is 2.89. The van der Waals surface area contributed by atoms with Gasteiger partial charge in [0.05, 0.1) is 15.8 Å². The predicted octanol–water partition coefficient (Wildman–Crippen LogP) is 0.831. The monoisotopic (exact) mass is 315 g/mol. The van der Waals surface area contributed by atoms with E-state index in [0.29, 0.717) is 5.69 Å². The van der Waals surface area contributed by atoms with Crippen molar-refractivity contribution in [3.63, 3.8) is 0 Å². The standard InChI is InChI=1S/C12H17N3O3S2/c1-7(2)10(11(13)19)12(16)15-8-3-5-9(6-4-8)20(14,17)18/h3-7,10H,1-2H3,(H2,13,19)(H,15,16)(H2,14,17,18). The second-order valence-corrected chi connectivity index (χ2v) is 6.72. The summed E-state index contributed by atoms with van der Waals surface area (Å²) < 4.78 is 22.2. The lowest BCUT2D eigenvalue weighted by molar-refractivity contribution is -0.118. The smallest absolute Gasteiger partial charge is 0.238 e. The third-order valence-corrected chi connectivity index (χ3v) is 3.89. The Kier molecular flexibility index (Phi) is 5.21. The number of benzene rings is 1. The van der Waals surface area contributed by atoms with Crippen molar-refractivity contribution in [3.8, 4) is 0 Å². The van der Waals surface area contributed by atoms with Crippen molar-refractivity contribution < 1.29 is 13.2 Å². The molecule has 0 radical (unpaired) electrons. The largest absolute Gasteiger partial charge is 0.393 e. The summed E-state index contributed by atoms with van der Waals surface area (Å²) in [5, 5.41) is 7.63. The topological polar surface area (TPSA) is 115 Å². The number of carbonyl (C=O) groups excluding carboxylic acids is 1. The maximum absolute atomic E-state index is 12.1. The van der Waals surface area contributed by atoms with Crippen LogP contribution in [-0.2, 0) is 14.8 Å². The summed E-state index contributed by atoms with van der Waals surface area (Å²) in [5.74, 6) is -0.935. The lowest BCUT2D eigenvalue weighted by Gasteiger charge is -2.18. The summed E-state index contributed by atoms with van der Waals surface area (Å²) in [7, 11) is -3.74. The van der Waals surface area contributed by atoms with Gasteiger partial charge in [-0.3, -0.25) is 4.79 Å². The number of amides is 1. The van der Waals surface area contributed by atoms with Gasteiger partial charge in [0.2, 0.25) is 15.9 Å². The van der Waals surface area contributed by atoms with Crippen molar-refractivity contribution in [3.05, 3.63) is 24.3 Å². The number of nitrogens with one attached hydrogen (secondary N) is 1. The van der Waals surface area contributed by atoms with E-state index in [9.17, 15) is 13.2 Å². The molecular weight excluding hydrogens is 298 g/mol. The average Bonchev–Trinajstić information content (AvgIpc) is 2.26. The molecule has 1 aromatic rings. The SMILES string of the molecule is CC(C)C(C(=O)Nc1ccc(S(N)(=O)=O)cc1)C(N)=S. The van der Waals surface area contributed by atoms with Gasteiger partial charge >= 0.3 is 0 Å². The van der Waals surface area contributed by atoms with Crippen LogP contribution in [0, 0.1) is 11.8 Å². The van der Waals surface area contributed by atoms with Gasteiger partial charge < -0.3 is 11.1 Å². The van der Waals surface area contributed by atoms with Crippen molar-refractivity contribution in [2.75, 3.05) is 5.32 Å². The highest BCUT2D eigenvalue weighted by Gasteiger charge is 2.25. The quantitative estimate of drug-likeness (QED) is 0.696. The van der Waals surface area contributed by atoms with Gasteiger partial charge in [-0.2, -0.15) is 0 Å². The number of sulfonamides is 1. The van der Waals surface area contributed by atoms with Gasteiger partial charge in [0.15, 0.2) is 0 Å². The molecule has 8 heteroatoms. The van der Waals surface area contributed by atoms with Crippen LogP contribution in [0.1, 0.15) is 13.8 Å². The Hall–Kier alpha value is -1.51. The fourth-order valence-corrected chi connectivity index (χ4v) is 2.60. The molecule has 0 aliphatic rings. The molecule has 0 saturated heterocycles. The molecule has 0 aliphatic carbocycles. The van der Waals surface area contributed by atoms with Gasteiger partial charge in [0.1, 0.15) is 0 Å². The normalized spacial score (nSPS) is 13.0.